The van der Waals surface area contributed by atoms with Crippen LogP contribution in [0.3, 0.4) is 0 Å². The summed E-state index contributed by atoms with van der Waals surface area (Å²) < 4.78 is 1.25. The first-order valence-corrected chi connectivity index (χ1v) is 5.51. The van der Waals surface area contributed by atoms with Crippen molar-refractivity contribution < 1.29 is 9.59 Å². The highest BCUT2D eigenvalue weighted by molar-refractivity contribution is 6.33. The summed E-state index contributed by atoms with van der Waals surface area (Å²) in [5.74, 6) is -1.35. The molecule has 19 heavy (non-hydrogen) atoms. The molecule has 0 saturated heterocycles. The summed E-state index contributed by atoms with van der Waals surface area (Å²) in [4.78, 5) is 22.4. The molecule has 0 atom stereocenters. The third-order valence-electron chi connectivity index (χ3n) is 2.45. The summed E-state index contributed by atoms with van der Waals surface area (Å²) in [6.45, 7) is 0. The Bertz CT molecular complexity index is 680. The maximum Gasteiger partial charge on any atom is 0.251 e. The van der Waals surface area contributed by atoms with Gasteiger partial charge in [0.15, 0.2) is 0 Å². The van der Waals surface area contributed by atoms with Crippen molar-refractivity contribution in [2.75, 3.05) is 5.73 Å². The predicted molar refractivity (Wildman–Crippen MR) is 70.0 cm³/mol. The SMILES string of the molecule is NC(=O)c1cnn(-c2c(Cl)cc(N)cc2C(N)=O)c1. The van der Waals surface area contributed by atoms with Crippen molar-refractivity contribution in [3.8, 4) is 5.69 Å². The molecular formula is C11H10ClN5O2. The van der Waals surface area contributed by atoms with E-state index in [9.17, 15) is 9.59 Å². The summed E-state index contributed by atoms with van der Waals surface area (Å²) in [5.41, 5.74) is 16.8. The van der Waals surface area contributed by atoms with Crippen LogP contribution in [-0.4, -0.2) is 21.6 Å². The number of nitrogens with two attached hydrogens (primary N) is 3. The molecule has 0 radical (unpaired) electrons. The van der Waals surface area contributed by atoms with Crippen molar-refractivity contribution in [3.63, 3.8) is 0 Å². The fraction of sp³-hybridized carbons (Fsp3) is 0. The van der Waals surface area contributed by atoms with Crippen LogP contribution in [0.15, 0.2) is 24.5 Å². The van der Waals surface area contributed by atoms with Crippen molar-refractivity contribution in [2.45, 2.75) is 0 Å². The lowest BCUT2D eigenvalue weighted by Gasteiger charge is -2.10. The zero-order chi connectivity index (χ0) is 14.2. The van der Waals surface area contributed by atoms with Crippen LogP contribution in [0.4, 0.5) is 5.69 Å². The number of halogens is 1. The fourth-order valence-corrected chi connectivity index (χ4v) is 1.93. The normalized spacial score (nSPS) is 10.4. The minimum atomic E-state index is -0.708. The molecule has 0 fully saturated rings. The molecule has 0 spiro atoms. The smallest absolute Gasteiger partial charge is 0.251 e. The highest BCUT2D eigenvalue weighted by Gasteiger charge is 2.17. The third-order valence-corrected chi connectivity index (χ3v) is 2.74. The summed E-state index contributed by atoms with van der Waals surface area (Å²) in [6.07, 6.45) is 2.62. The van der Waals surface area contributed by atoms with Crippen molar-refractivity contribution in [2.24, 2.45) is 11.5 Å². The van der Waals surface area contributed by atoms with Crippen LogP contribution in [-0.2, 0) is 0 Å². The number of primary amides is 2. The first-order valence-electron chi connectivity index (χ1n) is 5.14. The molecule has 1 heterocycles. The van der Waals surface area contributed by atoms with Crippen LogP contribution < -0.4 is 17.2 Å². The van der Waals surface area contributed by atoms with Gasteiger partial charge in [-0.2, -0.15) is 5.10 Å². The predicted octanol–water partition coefficient (Wildman–Crippen LogP) is 0.306. The van der Waals surface area contributed by atoms with Gasteiger partial charge in [0, 0.05) is 11.9 Å². The Morgan fingerprint density at radius 1 is 1.21 bits per heavy atom. The van der Waals surface area contributed by atoms with E-state index >= 15 is 0 Å². The molecule has 2 rings (SSSR count). The second-order valence-electron chi connectivity index (χ2n) is 3.80. The highest BCUT2D eigenvalue weighted by Crippen LogP contribution is 2.27. The molecule has 1 aromatic heterocycles. The molecule has 0 aliphatic carbocycles. The topological polar surface area (TPSA) is 130 Å². The number of hydrogen-bond acceptors (Lipinski definition) is 4. The number of anilines is 1. The molecule has 6 N–H and O–H groups in total. The van der Waals surface area contributed by atoms with E-state index in [0.717, 1.165) is 0 Å². The molecule has 2 amide bonds. The molecular weight excluding hydrogens is 270 g/mol. The molecule has 1 aromatic carbocycles. The molecule has 7 nitrogen and oxygen atoms in total. The first-order chi connectivity index (χ1) is 8.90. The van der Waals surface area contributed by atoms with E-state index in [1.807, 2.05) is 0 Å². The molecule has 98 valence electrons. The van der Waals surface area contributed by atoms with Crippen molar-refractivity contribution >= 4 is 29.1 Å². The van der Waals surface area contributed by atoms with Gasteiger partial charge in [0.25, 0.3) is 11.8 Å². The number of hydrogen-bond donors (Lipinski definition) is 3. The number of aromatic nitrogens is 2. The van der Waals surface area contributed by atoms with E-state index in [0.29, 0.717) is 5.69 Å². The van der Waals surface area contributed by atoms with Gasteiger partial charge in [-0.25, -0.2) is 4.68 Å². The van der Waals surface area contributed by atoms with E-state index in [1.165, 1.54) is 29.2 Å². The highest BCUT2D eigenvalue weighted by atomic mass is 35.5. The van der Waals surface area contributed by atoms with Gasteiger partial charge < -0.3 is 17.2 Å². The largest absolute Gasteiger partial charge is 0.399 e. The van der Waals surface area contributed by atoms with Gasteiger partial charge in [0.05, 0.1) is 28.0 Å². The Morgan fingerprint density at radius 2 is 1.89 bits per heavy atom. The van der Waals surface area contributed by atoms with E-state index in [1.54, 1.807) is 0 Å². The van der Waals surface area contributed by atoms with Crippen LogP contribution in [0, 0.1) is 0 Å². The monoisotopic (exact) mass is 279 g/mol. The third kappa shape index (κ3) is 2.36. The van der Waals surface area contributed by atoms with Crippen molar-refractivity contribution in [3.05, 3.63) is 40.7 Å². The van der Waals surface area contributed by atoms with Crippen LogP contribution in [0.25, 0.3) is 5.69 Å². The summed E-state index contributed by atoms with van der Waals surface area (Å²) in [6, 6.07) is 2.84. The van der Waals surface area contributed by atoms with E-state index in [2.05, 4.69) is 5.10 Å². The van der Waals surface area contributed by atoms with Gasteiger partial charge >= 0.3 is 0 Å². The molecule has 2 aromatic rings. The number of rotatable bonds is 3. The quantitative estimate of drug-likeness (QED) is 0.698. The Morgan fingerprint density at radius 3 is 2.42 bits per heavy atom. The number of nitrogen functional groups attached to an aromatic ring is 1. The van der Waals surface area contributed by atoms with Crippen LogP contribution >= 0.6 is 11.6 Å². The fourth-order valence-electron chi connectivity index (χ4n) is 1.61. The number of benzene rings is 1. The molecule has 8 heteroatoms. The number of nitrogens with zero attached hydrogens (tertiary/aromatic N) is 2. The van der Waals surface area contributed by atoms with E-state index < -0.39 is 11.8 Å². The van der Waals surface area contributed by atoms with Crippen LogP contribution in [0.5, 0.6) is 0 Å². The van der Waals surface area contributed by atoms with E-state index in [-0.39, 0.29) is 21.8 Å². The zero-order valence-corrected chi connectivity index (χ0v) is 10.4. The van der Waals surface area contributed by atoms with Gasteiger partial charge in [-0.15, -0.1) is 0 Å². The van der Waals surface area contributed by atoms with Gasteiger partial charge in [-0.05, 0) is 12.1 Å². The van der Waals surface area contributed by atoms with E-state index in [4.69, 9.17) is 28.8 Å². The average molecular weight is 280 g/mol. The maximum absolute atomic E-state index is 11.4. The Balaban J connectivity index is 2.66. The summed E-state index contributed by atoms with van der Waals surface area (Å²) >= 11 is 6.04. The minimum absolute atomic E-state index is 0.101. The second kappa shape index (κ2) is 4.62. The van der Waals surface area contributed by atoms with Gasteiger partial charge in [-0.3, -0.25) is 9.59 Å². The number of carbonyl (C=O) groups is 2. The Hall–Kier alpha value is -2.54. The minimum Gasteiger partial charge on any atom is -0.399 e. The summed E-state index contributed by atoms with van der Waals surface area (Å²) in [5, 5.41) is 4.11. The van der Waals surface area contributed by atoms with Crippen LogP contribution in [0.2, 0.25) is 5.02 Å². The van der Waals surface area contributed by atoms with Crippen molar-refractivity contribution in [1.82, 2.24) is 9.78 Å². The lowest BCUT2D eigenvalue weighted by Crippen LogP contribution is -2.16. The van der Waals surface area contributed by atoms with Gasteiger partial charge in [0.1, 0.15) is 0 Å². The lowest BCUT2D eigenvalue weighted by molar-refractivity contribution is 0.0992. The lowest BCUT2D eigenvalue weighted by atomic mass is 10.1. The standard InChI is InChI=1S/C11H10ClN5O2/c12-8-2-6(13)1-7(11(15)19)9(8)17-4-5(3-16-17)10(14)18/h1-4H,13H2,(H2,14,18)(H2,15,19). The second-order valence-corrected chi connectivity index (χ2v) is 4.21. The number of amides is 2. The number of carbonyl (C=O) groups excluding carboxylic acids is 2. The average Bonchev–Trinajstić information content (AvgIpc) is 2.76. The summed E-state index contributed by atoms with van der Waals surface area (Å²) in [7, 11) is 0. The van der Waals surface area contributed by atoms with Gasteiger partial charge in [-0.1, -0.05) is 11.6 Å². The van der Waals surface area contributed by atoms with Gasteiger partial charge in [0.2, 0.25) is 0 Å². The van der Waals surface area contributed by atoms with Crippen molar-refractivity contribution in [1.29, 1.82) is 0 Å². The Kier molecular flexibility index (Phi) is 3.14. The first kappa shape index (κ1) is 12.9. The molecule has 0 unspecified atom stereocenters. The maximum atomic E-state index is 11.4. The van der Waals surface area contributed by atoms with Crippen LogP contribution in [0.1, 0.15) is 20.7 Å². The molecule has 0 aliphatic rings. The molecule has 0 saturated carbocycles. The molecule has 0 aliphatic heterocycles. The zero-order valence-electron chi connectivity index (χ0n) is 9.63. The Labute approximate surface area is 112 Å². The molecule has 0 bridgehead atoms.